The standard InChI is InChI=1S/C17H21N5O4/c1-10(2)8-18-17(24)15-13(9-19-21(15)4)20-16(23)12-6-5-11(3)14(7-12)22(25)26/h5-7,9-10H,8H2,1-4H3,(H,18,24)(H,20,23). The van der Waals surface area contributed by atoms with Crippen molar-refractivity contribution in [2.24, 2.45) is 13.0 Å². The van der Waals surface area contributed by atoms with Gasteiger partial charge in [-0.25, -0.2) is 0 Å². The molecule has 0 spiro atoms. The second kappa shape index (κ2) is 7.77. The first-order chi connectivity index (χ1) is 12.2. The number of carbonyl (C=O) groups excluding carboxylic acids is 2. The van der Waals surface area contributed by atoms with Crippen molar-refractivity contribution >= 4 is 23.2 Å². The van der Waals surface area contributed by atoms with Gasteiger partial charge >= 0.3 is 0 Å². The van der Waals surface area contributed by atoms with Crippen LogP contribution in [0.4, 0.5) is 11.4 Å². The first-order valence-corrected chi connectivity index (χ1v) is 8.07. The molecule has 2 aromatic rings. The molecule has 2 amide bonds. The van der Waals surface area contributed by atoms with Crippen molar-refractivity contribution in [3.63, 3.8) is 0 Å². The second-order valence-electron chi connectivity index (χ2n) is 6.35. The summed E-state index contributed by atoms with van der Waals surface area (Å²) in [6.45, 7) is 6.02. The molecule has 0 saturated heterocycles. The highest BCUT2D eigenvalue weighted by Crippen LogP contribution is 2.21. The van der Waals surface area contributed by atoms with Crippen LogP contribution in [0.3, 0.4) is 0 Å². The van der Waals surface area contributed by atoms with Gasteiger partial charge in [-0.2, -0.15) is 5.10 Å². The van der Waals surface area contributed by atoms with Gasteiger partial charge in [-0.3, -0.25) is 24.4 Å². The van der Waals surface area contributed by atoms with E-state index in [9.17, 15) is 19.7 Å². The molecule has 26 heavy (non-hydrogen) atoms. The van der Waals surface area contributed by atoms with Crippen LogP contribution < -0.4 is 10.6 Å². The molecule has 2 N–H and O–H groups in total. The highest BCUT2D eigenvalue weighted by atomic mass is 16.6. The highest BCUT2D eigenvalue weighted by molar-refractivity contribution is 6.08. The number of hydrogen-bond acceptors (Lipinski definition) is 5. The van der Waals surface area contributed by atoms with E-state index in [1.807, 2.05) is 13.8 Å². The normalized spacial score (nSPS) is 10.7. The fourth-order valence-electron chi connectivity index (χ4n) is 2.32. The van der Waals surface area contributed by atoms with Crippen molar-refractivity contribution in [3.8, 4) is 0 Å². The molecular formula is C17H21N5O4. The van der Waals surface area contributed by atoms with Gasteiger partial charge < -0.3 is 10.6 Å². The van der Waals surface area contributed by atoms with Crippen molar-refractivity contribution in [1.82, 2.24) is 15.1 Å². The number of amides is 2. The molecule has 0 unspecified atom stereocenters. The molecule has 0 aliphatic carbocycles. The predicted molar refractivity (Wildman–Crippen MR) is 96.2 cm³/mol. The van der Waals surface area contributed by atoms with Crippen LogP contribution in [0.15, 0.2) is 24.4 Å². The Morgan fingerprint density at radius 3 is 2.62 bits per heavy atom. The lowest BCUT2D eigenvalue weighted by molar-refractivity contribution is -0.385. The van der Waals surface area contributed by atoms with Crippen molar-refractivity contribution < 1.29 is 14.5 Å². The number of aromatic nitrogens is 2. The minimum Gasteiger partial charge on any atom is -0.350 e. The smallest absolute Gasteiger partial charge is 0.273 e. The molecule has 0 fully saturated rings. The summed E-state index contributed by atoms with van der Waals surface area (Å²) < 4.78 is 1.36. The zero-order valence-corrected chi connectivity index (χ0v) is 15.1. The van der Waals surface area contributed by atoms with Crippen molar-refractivity contribution in [3.05, 3.63) is 51.3 Å². The third kappa shape index (κ3) is 4.24. The monoisotopic (exact) mass is 359 g/mol. The van der Waals surface area contributed by atoms with Crippen LogP contribution in [-0.4, -0.2) is 33.1 Å². The molecule has 0 atom stereocenters. The molecule has 0 aliphatic heterocycles. The number of nitrogens with one attached hydrogen (secondary N) is 2. The van der Waals surface area contributed by atoms with Gasteiger partial charge in [0.05, 0.1) is 16.8 Å². The van der Waals surface area contributed by atoms with E-state index >= 15 is 0 Å². The molecule has 9 nitrogen and oxygen atoms in total. The fourth-order valence-corrected chi connectivity index (χ4v) is 2.32. The van der Waals surface area contributed by atoms with Crippen LogP contribution in [0.25, 0.3) is 0 Å². The van der Waals surface area contributed by atoms with Gasteiger partial charge in [-0.1, -0.05) is 19.9 Å². The van der Waals surface area contributed by atoms with Gasteiger partial charge in [0, 0.05) is 30.8 Å². The number of nitro benzene ring substituents is 1. The number of benzene rings is 1. The largest absolute Gasteiger partial charge is 0.350 e. The molecule has 0 bridgehead atoms. The summed E-state index contributed by atoms with van der Waals surface area (Å²) in [5, 5.41) is 20.4. The Labute approximate surface area is 150 Å². The maximum atomic E-state index is 12.4. The van der Waals surface area contributed by atoms with E-state index in [1.165, 1.54) is 29.1 Å². The predicted octanol–water partition coefficient (Wildman–Crippen LogP) is 2.27. The van der Waals surface area contributed by atoms with Crippen molar-refractivity contribution in [1.29, 1.82) is 0 Å². The van der Waals surface area contributed by atoms with E-state index in [1.54, 1.807) is 14.0 Å². The zero-order valence-electron chi connectivity index (χ0n) is 15.1. The van der Waals surface area contributed by atoms with E-state index in [0.29, 0.717) is 12.1 Å². The van der Waals surface area contributed by atoms with Gasteiger partial charge in [0.2, 0.25) is 0 Å². The van der Waals surface area contributed by atoms with Crippen LogP contribution in [0.1, 0.15) is 40.3 Å². The highest BCUT2D eigenvalue weighted by Gasteiger charge is 2.21. The average molecular weight is 359 g/mol. The van der Waals surface area contributed by atoms with Crippen molar-refractivity contribution in [2.75, 3.05) is 11.9 Å². The third-order valence-electron chi connectivity index (χ3n) is 3.74. The fraction of sp³-hybridized carbons (Fsp3) is 0.353. The number of nitro groups is 1. The molecule has 1 heterocycles. The number of rotatable bonds is 6. The van der Waals surface area contributed by atoms with Gasteiger partial charge in [0.1, 0.15) is 5.69 Å². The average Bonchev–Trinajstić information content (AvgIpc) is 2.93. The lowest BCUT2D eigenvalue weighted by atomic mass is 10.1. The SMILES string of the molecule is Cc1ccc(C(=O)Nc2cnn(C)c2C(=O)NCC(C)C)cc1[N+](=O)[O-]. The van der Waals surface area contributed by atoms with Crippen LogP contribution >= 0.6 is 0 Å². The Morgan fingerprint density at radius 1 is 1.31 bits per heavy atom. The molecule has 0 radical (unpaired) electrons. The quantitative estimate of drug-likeness (QED) is 0.606. The molecule has 1 aromatic heterocycles. The molecule has 138 valence electrons. The minimum atomic E-state index is -0.556. The summed E-state index contributed by atoms with van der Waals surface area (Å²) in [6, 6.07) is 4.21. The lowest BCUT2D eigenvalue weighted by Gasteiger charge is -2.10. The van der Waals surface area contributed by atoms with E-state index in [4.69, 9.17) is 0 Å². The minimum absolute atomic E-state index is 0.125. The van der Waals surface area contributed by atoms with E-state index < -0.39 is 10.8 Å². The summed E-state index contributed by atoms with van der Waals surface area (Å²) in [5.74, 6) is -0.638. The summed E-state index contributed by atoms with van der Waals surface area (Å²) in [6.07, 6.45) is 1.37. The second-order valence-corrected chi connectivity index (χ2v) is 6.35. The molecule has 0 saturated carbocycles. The first kappa shape index (κ1) is 19.1. The number of aryl methyl sites for hydroxylation is 2. The van der Waals surface area contributed by atoms with E-state index in [-0.39, 0.29) is 34.5 Å². The van der Waals surface area contributed by atoms with Crippen LogP contribution in [-0.2, 0) is 7.05 Å². The van der Waals surface area contributed by atoms with Gasteiger partial charge in [0.25, 0.3) is 17.5 Å². The first-order valence-electron chi connectivity index (χ1n) is 8.07. The molecule has 2 rings (SSSR count). The summed E-state index contributed by atoms with van der Waals surface area (Å²) >= 11 is 0. The summed E-state index contributed by atoms with van der Waals surface area (Å²) in [7, 11) is 1.59. The van der Waals surface area contributed by atoms with Crippen molar-refractivity contribution in [2.45, 2.75) is 20.8 Å². The molecule has 1 aromatic carbocycles. The molecular weight excluding hydrogens is 338 g/mol. The lowest BCUT2D eigenvalue weighted by Crippen LogP contribution is -2.30. The maximum Gasteiger partial charge on any atom is 0.273 e. The third-order valence-corrected chi connectivity index (χ3v) is 3.74. The topological polar surface area (TPSA) is 119 Å². The molecule has 0 aliphatic rings. The van der Waals surface area contributed by atoms with E-state index in [0.717, 1.165) is 0 Å². The Balaban J connectivity index is 2.24. The summed E-state index contributed by atoms with van der Waals surface area (Å²) in [4.78, 5) is 35.3. The van der Waals surface area contributed by atoms with Gasteiger partial charge in [-0.15, -0.1) is 0 Å². The van der Waals surface area contributed by atoms with Gasteiger partial charge in [-0.05, 0) is 18.9 Å². The van der Waals surface area contributed by atoms with E-state index in [2.05, 4.69) is 15.7 Å². The summed E-state index contributed by atoms with van der Waals surface area (Å²) in [5.41, 5.74) is 0.891. The van der Waals surface area contributed by atoms with Gasteiger partial charge in [0.15, 0.2) is 0 Å². The number of hydrogen-bond donors (Lipinski definition) is 2. The van der Waals surface area contributed by atoms with Crippen LogP contribution in [0.2, 0.25) is 0 Å². The number of carbonyl (C=O) groups is 2. The Kier molecular flexibility index (Phi) is 5.71. The Bertz CT molecular complexity index is 857. The maximum absolute atomic E-state index is 12.4. The zero-order chi connectivity index (χ0) is 19.4. The number of nitrogens with zero attached hydrogens (tertiary/aromatic N) is 3. The van der Waals surface area contributed by atoms with Crippen LogP contribution in [0.5, 0.6) is 0 Å². The molecule has 9 heteroatoms. The Hall–Kier alpha value is -3.23. The van der Waals surface area contributed by atoms with Crippen LogP contribution in [0, 0.1) is 23.0 Å². The number of anilines is 1. The Morgan fingerprint density at radius 2 is 2.00 bits per heavy atom.